The Labute approximate surface area is 240 Å². The van der Waals surface area contributed by atoms with E-state index in [1.165, 1.54) is 82.0 Å². The molecule has 2 atom stereocenters. The van der Waals surface area contributed by atoms with Crippen LogP contribution in [0, 0.1) is 11.8 Å². The van der Waals surface area contributed by atoms with Crippen molar-refractivity contribution in [1.82, 2.24) is 0 Å². The molecule has 0 fully saturated rings. The molecule has 0 rings (SSSR count). The third kappa shape index (κ3) is 22.8. The van der Waals surface area contributed by atoms with Crippen LogP contribution < -0.4 is 4.89 Å². The van der Waals surface area contributed by atoms with Crippen molar-refractivity contribution in [3.8, 4) is 0 Å². The van der Waals surface area contributed by atoms with Crippen LogP contribution in [0.25, 0.3) is 0 Å². The molecule has 5 nitrogen and oxygen atoms in total. The molecule has 0 amide bonds. The van der Waals surface area contributed by atoms with E-state index in [1.54, 1.807) is 0 Å². The monoisotopic (exact) mass is 564 g/mol. The van der Waals surface area contributed by atoms with E-state index < -0.39 is 7.82 Å². The molecule has 0 aromatic rings. The topological polar surface area (TPSA) is 58.6 Å². The Balaban J connectivity index is 0. The van der Waals surface area contributed by atoms with Gasteiger partial charge >= 0.3 is 0 Å². The maximum atomic E-state index is 11.8. The molecule has 2 unspecified atom stereocenters. The number of nitrogens with zero attached hydrogens (tertiary/aromatic N) is 1. The van der Waals surface area contributed by atoms with Crippen molar-refractivity contribution in [2.24, 2.45) is 11.8 Å². The van der Waals surface area contributed by atoms with Gasteiger partial charge in [-0.1, -0.05) is 120 Å². The minimum atomic E-state index is -4.14. The molecule has 6 heteroatoms. The number of unbranched alkanes of at least 4 members (excludes halogenated alkanes) is 6. The highest BCUT2D eigenvalue weighted by atomic mass is 31.2. The molecule has 232 valence electrons. The van der Waals surface area contributed by atoms with E-state index in [0.717, 1.165) is 51.4 Å². The quantitative estimate of drug-likeness (QED) is 0.0776. The Bertz CT molecular complexity index is 470. The first-order valence-corrected chi connectivity index (χ1v) is 18.1. The summed E-state index contributed by atoms with van der Waals surface area (Å²) < 4.78 is 23.3. The Morgan fingerprint density at radius 3 is 1.08 bits per heavy atom. The average Bonchev–Trinajstić information content (AvgIpc) is 2.93. The van der Waals surface area contributed by atoms with Crippen molar-refractivity contribution in [2.75, 3.05) is 39.4 Å². The van der Waals surface area contributed by atoms with E-state index in [4.69, 9.17) is 9.05 Å². The lowest BCUT2D eigenvalue weighted by atomic mass is 10.0. The Hall–Kier alpha value is 0.0700. The predicted octanol–water partition coefficient (Wildman–Crippen LogP) is 9.92. The molecule has 0 saturated heterocycles. The zero-order valence-corrected chi connectivity index (χ0v) is 28.1. The number of quaternary nitrogens is 1. The van der Waals surface area contributed by atoms with E-state index in [0.29, 0.717) is 11.8 Å². The van der Waals surface area contributed by atoms with Crippen LogP contribution in [0.4, 0.5) is 0 Å². The van der Waals surface area contributed by atoms with Crippen LogP contribution in [0.2, 0.25) is 0 Å². The molecule has 0 aliphatic rings. The van der Waals surface area contributed by atoms with Crippen molar-refractivity contribution < 1.29 is 23.0 Å². The summed E-state index contributed by atoms with van der Waals surface area (Å²) in [6.45, 7) is 23.9. The van der Waals surface area contributed by atoms with Crippen LogP contribution in [0.5, 0.6) is 0 Å². The van der Waals surface area contributed by atoms with Crippen molar-refractivity contribution >= 4 is 7.82 Å². The van der Waals surface area contributed by atoms with Crippen LogP contribution in [0.1, 0.15) is 158 Å². The largest absolute Gasteiger partial charge is 0.756 e. The summed E-state index contributed by atoms with van der Waals surface area (Å²) in [6, 6.07) is 0. The highest BCUT2D eigenvalue weighted by Gasteiger charge is 2.24. The van der Waals surface area contributed by atoms with Gasteiger partial charge in [-0.3, -0.25) is 4.57 Å². The number of hydrogen-bond donors (Lipinski definition) is 0. The fourth-order valence-electron chi connectivity index (χ4n) is 4.87. The molecule has 0 aromatic carbocycles. The Kier molecular flexibility index (Phi) is 28.8. The lowest BCUT2D eigenvalue weighted by molar-refractivity contribution is -0.929. The van der Waals surface area contributed by atoms with E-state index in [9.17, 15) is 9.46 Å². The summed E-state index contributed by atoms with van der Waals surface area (Å²) in [7, 11) is -4.14. The second kappa shape index (κ2) is 27.3. The van der Waals surface area contributed by atoms with Gasteiger partial charge in [-0.05, 0) is 50.4 Å². The summed E-state index contributed by atoms with van der Waals surface area (Å²) in [5.74, 6) is 0.607. The highest BCUT2D eigenvalue weighted by Crippen LogP contribution is 2.40. The van der Waals surface area contributed by atoms with Gasteiger partial charge in [0.25, 0.3) is 7.82 Å². The van der Waals surface area contributed by atoms with Gasteiger partial charge in [-0.15, -0.1) is 0 Å². The number of hydrogen-bond acceptors (Lipinski definition) is 4. The van der Waals surface area contributed by atoms with Gasteiger partial charge in [-0.2, -0.15) is 0 Å². The normalized spacial score (nSPS) is 15.0. The highest BCUT2D eigenvalue weighted by molar-refractivity contribution is 7.45. The lowest BCUT2D eigenvalue weighted by Crippen LogP contribution is -2.50. The van der Waals surface area contributed by atoms with Gasteiger partial charge in [0.15, 0.2) is 0 Å². The summed E-state index contributed by atoms with van der Waals surface area (Å²) >= 11 is 0. The average molecular weight is 564 g/mol. The van der Waals surface area contributed by atoms with Gasteiger partial charge in [0.1, 0.15) is 0 Å². The van der Waals surface area contributed by atoms with Crippen molar-refractivity contribution in [3.05, 3.63) is 0 Å². The fraction of sp³-hybridized carbons (Fsp3) is 1.00. The first-order chi connectivity index (χ1) is 18.2. The van der Waals surface area contributed by atoms with Crippen LogP contribution in [0.3, 0.4) is 0 Å². The van der Waals surface area contributed by atoms with Crippen LogP contribution >= 0.6 is 7.82 Å². The Morgan fingerprint density at radius 2 is 0.842 bits per heavy atom. The van der Waals surface area contributed by atoms with Crippen LogP contribution in [-0.2, 0) is 13.6 Å². The summed E-state index contributed by atoms with van der Waals surface area (Å²) in [4.78, 5) is 11.8. The Morgan fingerprint density at radius 1 is 0.553 bits per heavy atom. The molecule has 0 aromatic heterocycles. The molecular weight excluding hydrogens is 493 g/mol. The maximum absolute atomic E-state index is 11.8. The molecule has 0 aliphatic carbocycles. The third-order valence-corrected chi connectivity index (χ3v) is 8.90. The molecule has 38 heavy (non-hydrogen) atoms. The van der Waals surface area contributed by atoms with Gasteiger partial charge in [0.2, 0.25) is 0 Å². The molecule has 0 bridgehead atoms. The molecular formula is C32H70NO4P. The first kappa shape index (κ1) is 40.2. The maximum Gasteiger partial charge on any atom is 0.267 e. The number of rotatable bonds is 26. The molecule has 0 radical (unpaired) electrons. The zero-order chi connectivity index (χ0) is 29.1. The SMILES string of the molecule is CCCCC(CC)COP(=O)([O-])OCC(CC)CCCC.CCCC[N+](CCCC)(CCCC)CCCC. The summed E-state index contributed by atoms with van der Waals surface area (Å²) in [5, 5.41) is 0. The van der Waals surface area contributed by atoms with E-state index in [2.05, 4.69) is 55.4 Å². The molecule has 0 spiro atoms. The second-order valence-corrected chi connectivity index (χ2v) is 12.9. The molecule has 0 heterocycles. The summed E-state index contributed by atoms with van der Waals surface area (Å²) in [5.41, 5.74) is 0. The second-order valence-electron chi connectivity index (χ2n) is 11.5. The number of phosphoric ester groups is 1. The minimum absolute atomic E-state index is 0.253. The number of phosphoric acid groups is 1. The fourth-order valence-corrected chi connectivity index (χ4v) is 5.73. The van der Waals surface area contributed by atoms with Gasteiger partial charge in [0, 0.05) is 0 Å². The predicted molar refractivity (Wildman–Crippen MR) is 165 cm³/mol. The smallest absolute Gasteiger partial charge is 0.267 e. The van der Waals surface area contributed by atoms with E-state index in [-0.39, 0.29) is 13.2 Å². The summed E-state index contributed by atoms with van der Waals surface area (Å²) in [6.07, 6.45) is 19.4. The van der Waals surface area contributed by atoms with Crippen molar-refractivity contribution in [1.29, 1.82) is 0 Å². The lowest BCUT2D eigenvalue weighted by Gasteiger charge is -2.39. The first-order valence-electron chi connectivity index (χ1n) is 16.7. The van der Waals surface area contributed by atoms with Gasteiger partial charge in [0.05, 0.1) is 39.4 Å². The zero-order valence-electron chi connectivity index (χ0n) is 27.2. The van der Waals surface area contributed by atoms with Crippen LogP contribution in [-0.4, -0.2) is 43.9 Å². The van der Waals surface area contributed by atoms with Crippen molar-refractivity contribution in [2.45, 2.75) is 158 Å². The van der Waals surface area contributed by atoms with E-state index in [1.807, 2.05) is 0 Å². The standard InChI is InChI=1S/C16H36N.C16H35O4P/c1-5-9-13-17(14-10-6-2,15-11-7-3)16-12-8-4;1-5-9-11-15(7-3)13-19-21(17,18)20-14-16(8-4)12-10-6-2/h5-16H2,1-4H3;15-16H,5-14H2,1-4H3,(H,17,18)/q+1;/p-1. The van der Waals surface area contributed by atoms with Crippen molar-refractivity contribution in [3.63, 3.8) is 0 Å². The molecule has 0 aliphatic heterocycles. The van der Waals surface area contributed by atoms with Crippen LogP contribution in [0.15, 0.2) is 0 Å². The van der Waals surface area contributed by atoms with E-state index >= 15 is 0 Å². The van der Waals surface area contributed by atoms with Gasteiger partial charge < -0.3 is 18.4 Å². The van der Waals surface area contributed by atoms with Gasteiger partial charge in [-0.25, -0.2) is 0 Å². The third-order valence-electron chi connectivity index (χ3n) is 7.97. The molecule has 0 N–H and O–H groups in total. The minimum Gasteiger partial charge on any atom is -0.756 e. The molecule has 0 saturated carbocycles.